The van der Waals surface area contributed by atoms with Crippen molar-refractivity contribution in [3.8, 4) is 12.3 Å². The molecular formula is C12H10N2O. The first-order valence-electron chi connectivity index (χ1n) is 4.70. The number of terminal acetylenes is 1. The van der Waals surface area contributed by atoms with Crippen molar-refractivity contribution in [1.82, 2.24) is 9.55 Å². The minimum atomic E-state index is -0.0316. The predicted octanol–water partition coefficient (Wildman–Crippen LogP) is 1.42. The number of para-hydroxylation sites is 1. The van der Waals surface area contributed by atoms with E-state index >= 15 is 0 Å². The van der Waals surface area contributed by atoms with E-state index in [0.29, 0.717) is 18.4 Å². The van der Waals surface area contributed by atoms with Crippen LogP contribution >= 0.6 is 0 Å². The van der Waals surface area contributed by atoms with Gasteiger partial charge in [-0.1, -0.05) is 12.1 Å². The lowest BCUT2D eigenvalue weighted by molar-refractivity contribution is 0.681. The Morgan fingerprint density at radius 1 is 1.40 bits per heavy atom. The first kappa shape index (κ1) is 9.47. The summed E-state index contributed by atoms with van der Waals surface area (Å²) in [7, 11) is 0. The summed E-state index contributed by atoms with van der Waals surface area (Å²) in [4.78, 5) is 16.1. The Kier molecular flexibility index (Phi) is 2.51. The molecule has 0 spiro atoms. The largest absolute Gasteiger partial charge is 0.298 e. The summed E-state index contributed by atoms with van der Waals surface area (Å²) in [5.41, 5.74) is 0.690. The van der Waals surface area contributed by atoms with E-state index in [1.54, 1.807) is 17.0 Å². The number of rotatable bonds is 2. The molecule has 3 nitrogen and oxygen atoms in total. The van der Waals surface area contributed by atoms with E-state index < -0.39 is 0 Å². The molecule has 15 heavy (non-hydrogen) atoms. The van der Waals surface area contributed by atoms with Gasteiger partial charge >= 0.3 is 0 Å². The van der Waals surface area contributed by atoms with Gasteiger partial charge in [0.05, 0.1) is 17.2 Å². The number of aromatic nitrogens is 2. The summed E-state index contributed by atoms with van der Waals surface area (Å²) in [5, 5.41) is 0.636. The maximum absolute atomic E-state index is 11.9. The normalized spacial score (nSPS) is 10.1. The Morgan fingerprint density at radius 3 is 3.00 bits per heavy atom. The van der Waals surface area contributed by atoms with Crippen LogP contribution in [0.3, 0.4) is 0 Å². The molecule has 0 amide bonds. The summed E-state index contributed by atoms with van der Waals surface area (Å²) >= 11 is 0. The number of aryl methyl sites for hydroxylation is 1. The summed E-state index contributed by atoms with van der Waals surface area (Å²) in [6.07, 6.45) is 7.24. The van der Waals surface area contributed by atoms with Crippen molar-refractivity contribution in [2.45, 2.75) is 13.0 Å². The highest BCUT2D eigenvalue weighted by molar-refractivity contribution is 5.76. The molecule has 0 bridgehead atoms. The third kappa shape index (κ3) is 1.75. The SMILES string of the molecule is C#CCCn1cnc2ccccc2c1=O. The van der Waals surface area contributed by atoms with Crippen LogP contribution in [0.25, 0.3) is 10.9 Å². The Morgan fingerprint density at radius 2 is 2.20 bits per heavy atom. The standard InChI is InChI=1S/C12H10N2O/c1-2-3-8-14-9-13-11-7-5-4-6-10(11)12(14)15/h1,4-7,9H,3,8H2. The van der Waals surface area contributed by atoms with Crippen molar-refractivity contribution in [3.63, 3.8) is 0 Å². The number of hydrogen-bond donors (Lipinski definition) is 0. The fourth-order valence-electron chi connectivity index (χ4n) is 1.45. The molecule has 2 aromatic rings. The Labute approximate surface area is 87.4 Å². The molecule has 0 radical (unpaired) electrons. The molecule has 3 heteroatoms. The summed E-state index contributed by atoms with van der Waals surface area (Å²) < 4.78 is 1.54. The lowest BCUT2D eigenvalue weighted by atomic mass is 10.2. The Balaban J connectivity index is 2.57. The van der Waals surface area contributed by atoms with Crippen molar-refractivity contribution in [3.05, 3.63) is 40.9 Å². The molecule has 0 aliphatic rings. The van der Waals surface area contributed by atoms with Gasteiger partial charge in [-0.25, -0.2) is 4.98 Å². The van der Waals surface area contributed by atoms with E-state index in [2.05, 4.69) is 10.9 Å². The number of benzene rings is 1. The highest BCUT2D eigenvalue weighted by Crippen LogP contribution is 2.04. The molecule has 2 rings (SSSR count). The minimum Gasteiger partial charge on any atom is -0.298 e. The van der Waals surface area contributed by atoms with E-state index in [-0.39, 0.29) is 5.56 Å². The average Bonchev–Trinajstić information content (AvgIpc) is 2.29. The molecule has 0 saturated heterocycles. The van der Waals surface area contributed by atoms with Crippen LogP contribution in [0.5, 0.6) is 0 Å². The monoisotopic (exact) mass is 198 g/mol. The van der Waals surface area contributed by atoms with Crippen LogP contribution in [0.4, 0.5) is 0 Å². The van der Waals surface area contributed by atoms with E-state index in [4.69, 9.17) is 6.42 Å². The van der Waals surface area contributed by atoms with Crippen molar-refractivity contribution in [2.24, 2.45) is 0 Å². The first-order valence-corrected chi connectivity index (χ1v) is 4.70. The first-order chi connectivity index (χ1) is 7.33. The topological polar surface area (TPSA) is 34.9 Å². The fourth-order valence-corrected chi connectivity index (χ4v) is 1.45. The minimum absolute atomic E-state index is 0.0316. The number of nitrogens with zero attached hydrogens (tertiary/aromatic N) is 2. The molecule has 1 aromatic carbocycles. The molecule has 0 saturated carbocycles. The van der Waals surface area contributed by atoms with E-state index in [0.717, 1.165) is 5.52 Å². The molecule has 0 atom stereocenters. The number of hydrogen-bond acceptors (Lipinski definition) is 2. The van der Waals surface area contributed by atoms with Crippen LogP contribution < -0.4 is 5.56 Å². The number of fused-ring (bicyclic) bond motifs is 1. The Hall–Kier alpha value is -2.08. The highest BCUT2D eigenvalue weighted by atomic mass is 16.1. The van der Waals surface area contributed by atoms with E-state index in [1.165, 1.54) is 0 Å². The van der Waals surface area contributed by atoms with Crippen molar-refractivity contribution in [1.29, 1.82) is 0 Å². The van der Waals surface area contributed by atoms with Crippen LogP contribution in [-0.4, -0.2) is 9.55 Å². The second-order valence-electron chi connectivity index (χ2n) is 3.21. The van der Waals surface area contributed by atoms with Crippen LogP contribution in [-0.2, 0) is 6.54 Å². The maximum atomic E-state index is 11.9. The van der Waals surface area contributed by atoms with Gasteiger partial charge in [0.2, 0.25) is 0 Å². The van der Waals surface area contributed by atoms with Gasteiger partial charge in [-0.05, 0) is 12.1 Å². The molecule has 0 aliphatic carbocycles. The molecule has 74 valence electrons. The van der Waals surface area contributed by atoms with Crippen LogP contribution in [0.1, 0.15) is 6.42 Å². The second kappa shape index (κ2) is 3.97. The van der Waals surface area contributed by atoms with Gasteiger partial charge in [0.15, 0.2) is 0 Å². The Bertz CT molecular complexity index is 578. The van der Waals surface area contributed by atoms with Gasteiger partial charge in [0, 0.05) is 13.0 Å². The average molecular weight is 198 g/mol. The van der Waals surface area contributed by atoms with Gasteiger partial charge in [-0.2, -0.15) is 0 Å². The second-order valence-corrected chi connectivity index (χ2v) is 3.21. The lowest BCUT2D eigenvalue weighted by Gasteiger charge is -2.03. The maximum Gasteiger partial charge on any atom is 0.261 e. The molecule has 1 heterocycles. The van der Waals surface area contributed by atoms with Gasteiger partial charge in [-0.3, -0.25) is 9.36 Å². The lowest BCUT2D eigenvalue weighted by Crippen LogP contribution is -2.20. The van der Waals surface area contributed by atoms with Crippen molar-refractivity contribution >= 4 is 10.9 Å². The van der Waals surface area contributed by atoms with Crippen LogP contribution in [0, 0.1) is 12.3 Å². The van der Waals surface area contributed by atoms with Gasteiger partial charge < -0.3 is 0 Å². The van der Waals surface area contributed by atoms with Gasteiger partial charge in [-0.15, -0.1) is 12.3 Å². The summed E-state index contributed by atoms with van der Waals surface area (Å²) in [6, 6.07) is 7.29. The smallest absolute Gasteiger partial charge is 0.261 e. The van der Waals surface area contributed by atoms with Crippen LogP contribution in [0.2, 0.25) is 0 Å². The van der Waals surface area contributed by atoms with E-state index in [9.17, 15) is 4.79 Å². The third-order valence-electron chi connectivity index (χ3n) is 2.23. The molecule has 0 unspecified atom stereocenters. The predicted molar refractivity (Wildman–Crippen MR) is 59.5 cm³/mol. The molecule has 0 aliphatic heterocycles. The fraction of sp³-hybridized carbons (Fsp3) is 0.167. The zero-order valence-electron chi connectivity index (χ0n) is 8.18. The quantitative estimate of drug-likeness (QED) is 0.684. The molecular weight excluding hydrogens is 188 g/mol. The van der Waals surface area contributed by atoms with Crippen molar-refractivity contribution < 1.29 is 0 Å². The van der Waals surface area contributed by atoms with Crippen molar-refractivity contribution in [2.75, 3.05) is 0 Å². The molecule has 1 aromatic heterocycles. The van der Waals surface area contributed by atoms with Gasteiger partial charge in [0.25, 0.3) is 5.56 Å². The molecule has 0 fully saturated rings. The molecule has 0 N–H and O–H groups in total. The summed E-state index contributed by atoms with van der Waals surface area (Å²) in [5.74, 6) is 2.50. The van der Waals surface area contributed by atoms with E-state index in [1.807, 2.05) is 18.2 Å². The highest BCUT2D eigenvalue weighted by Gasteiger charge is 2.01. The summed E-state index contributed by atoms with van der Waals surface area (Å²) in [6.45, 7) is 0.521. The zero-order chi connectivity index (χ0) is 10.7. The van der Waals surface area contributed by atoms with Gasteiger partial charge in [0.1, 0.15) is 0 Å². The third-order valence-corrected chi connectivity index (χ3v) is 2.23. The van der Waals surface area contributed by atoms with Crippen LogP contribution in [0.15, 0.2) is 35.4 Å². The zero-order valence-corrected chi connectivity index (χ0v) is 8.18.